The lowest BCUT2D eigenvalue weighted by Crippen LogP contribution is -2.28. The zero-order valence-electron chi connectivity index (χ0n) is 19.1. The van der Waals surface area contributed by atoms with Crippen molar-refractivity contribution in [2.45, 2.75) is 52.1 Å². The van der Waals surface area contributed by atoms with Crippen LogP contribution in [0.15, 0.2) is 34.8 Å². The number of fused-ring (bicyclic) bond motifs is 1. The van der Waals surface area contributed by atoms with Crippen molar-refractivity contribution < 1.29 is 13.2 Å². The molecule has 7 heteroatoms. The Balaban J connectivity index is 1.56. The first-order chi connectivity index (χ1) is 14.8. The molecule has 2 heterocycles. The van der Waals surface area contributed by atoms with Gasteiger partial charge in [-0.1, -0.05) is 19.6 Å². The third-order valence-electron chi connectivity index (χ3n) is 7.35. The Labute approximate surface area is 187 Å². The number of nitrogens with zero attached hydrogens (tertiary/aromatic N) is 4. The highest BCUT2D eigenvalue weighted by atomic mass is 19.3. The van der Waals surface area contributed by atoms with Crippen LogP contribution < -0.4 is 0 Å². The molecule has 0 bridgehead atoms. The van der Waals surface area contributed by atoms with E-state index in [0.717, 1.165) is 36.7 Å². The number of hydrogen-bond donors (Lipinski definition) is 0. The maximum Gasteiger partial charge on any atom is 0.285 e. The molecule has 1 saturated carbocycles. The summed E-state index contributed by atoms with van der Waals surface area (Å²) < 4.78 is 41.8. The van der Waals surface area contributed by atoms with Crippen molar-refractivity contribution in [3.05, 3.63) is 41.5 Å². The third-order valence-corrected chi connectivity index (χ3v) is 7.35. The van der Waals surface area contributed by atoms with Crippen LogP contribution in [0.5, 0.6) is 0 Å². The number of piperidine rings is 1. The van der Waals surface area contributed by atoms with E-state index in [9.17, 15) is 18.4 Å². The zero-order valence-corrected chi connectivity index (χ0v) is 19.1. The fraction of sp³-hybridized carbons (Fsp3) is 0.560. The Hall–Kier alpha value is -2.62. The van der Waals surface area contributed by atoms with Crippen LogP contribution in [0.1, 0.15) is 50.8 Å². The van der Waals surface area contributed by atoms with E-state index < -0.39 is 11.6 Å². The van der Waals surface area contributed by atoms with Crippen molar-refractivity contribution in [1.82, 2.24) is 4.90 Å². The summed E-state index contributed by atoms with van der Waals surface area (Å²) in [5, 5.41) is 9.39. The van der Waals surface area contributed by atoms with Gasteiger partial charge in [0, 0.05) is 31.3 Å². The molecule has 2 aliphatic heterocycles. The summed E-state index contributed by atoms with van der Waals surface area (Å²) in [6, 6.07) is 7.62. The van der Waals surface area contributed by atoms with Crippen molar-refractivity contribution in [1.29, 1.82) is 5.26 Å². The Bertz CT molecular complexity index is 1050. The van der Waals surface area contributed by atoms with Gasteiger partial charge >= 0.3 is 0 Å². The molecule has 0 N–H and O–H groups in total. The molecule has 1 aromatic carbocycles. The third kappa shape index (κ3) is 3.96. The van der Waals surface area contributed by atoms with E-state index in [1.165, 1.54) is 0 Å². The van der Waals surface area contributed by atoms with Gasteiger partial charge in [-0.05, 0) is 56.2 Å². The van der Waals surface area contributed by atoms with Gasteiger partial charge in [0.2, 0.25) is 0 Å². The van der Waals surface area contributed by atoms with Crippen molar-refractivity contribution in [3.8, 4) is 6.07 Å². The summed E-state index contributed by atoms with van der Waals surface area (Å²) in [4.78, 5) is 10.7. The molecule has 3 unspecified atom stereocenters. The first-order valence-corrected chi connectivity index (χ1v) is 11.0. The number of rotatable bonds is 7. The van der Waals surface area contributed by atoms with Crippen molar-refractivity contribution in [3.63, 3.8) is 0 Å². The molecule has 0 aromatic heterocycles. The van der Waals surface area contributed by atoms with Crippen LogP contribution in [-0.4, -0.2) is 47.7 Å². The molecular formula is C25H29F3N4. The van der Waals surface area contributed by atoms with E-state index in [1.54, 1.807) is 19.9 Å². The number of aliphatic imine (C=N–C) groups is 2. The van der Waals surface area contributed by atoms with E-state index in [1.807, 2.05) is 19.1 Å². The highest BCUT2D eigenvalue weighted by molar-refractivity contribution is 6.10. The summed E-state index contributed by atoms with van der Waals surface area (Å²) in [7, 11) is 0. The quantitative estimate of drug-likeness (QED) is 0.576. The average Bonchev–Trinajstić information content (AvgIpc) is 3.09. The minimum atomic E-state index is -2.96. The van der Waals surface area contributed by atoms with E-state index in [2.05, 4.69) is 27.5 Å². The summed E-state index contributed by atoms with van der Waals surface area (Å²) >= 11 is 0. The fourth-order valence-electron chi connectivity index (χ4n) is 4.72. The zero-order chi connectivity index (χ0) is 23.5. The number of amidine groups is 1. The SMILES string of the molecule is C=C(c1cc(C#N)ccc1CC(C)C(C)(C)F)N1CC2CC2(C2=NCC(C(C)(F)F)=N2)C1. The molecule has 1 saturated heterocycles. The largest absolute Gasteiger partial charge is 0.370 e. The minimum absolute atomic E-state index is 0.0421. The van der Waals surface area contributed by atoms with Crippen LogP contribution in [0.4, 0.5) is 13.2 Å². The van der Waals surface area contributed by atoms with Gasteiger partial charge in [0.25, 0.3) is 5.92 Å². The monoisotopic (exact) mass is 442 g/mol. The number of halogens is 3. The van der Waals surface area contributed by atoms with E-state index >= 15 is 0 Å². The highest BCUT2D eigenvalue weighted by Gasteiger charge is 2.64. The van der Waals surface area contributed by atoms with Gasteiger partial charge in [0.05, 0.1) is 23.6 Å². The Morgan fingerprint density at radius 2 is 2.06 bits per heavy atom. The molecule has 3 aliphatic rings. The molecule has 3 atom stereocenters. The number of likely N-dealkylation sites (tertiary alicyclic amines) is 1. The first kappa shape index (κ1) is 22.6. The van der Waals surface area contributed by atoms with Crippen LogP contribution >= 0.6 is 0 Å². The number of nitriles is 1. The molecule has 2 fully saturated rings. The van der Waals surface area contributed by atoms with Crippen LogP contribution in [0.2, 0.25) is 0 Å². The average molecular weight is 443 g/mol. The Morgan fingerprint density at radius 1 is 1.34 bits per heavy atom. The molecule has 0 radical (unpaired) electrons. The standard InChI is InChI=1S/C25H29F3N4/c1-15(23(3,4)26)8-18-7-6-17(11-29)9-20(18)16(2)32-13-19-10-25(19,14-32)22-30-12-21(31-22)24(5,27)28/h6-7,9,15,19H,2,8,10,12-14H2,1,3-5H3. The lowest BCUT2D eigenvalue weighted by Gasteiger charge is -2.28. The molecule has 32 heavy (non-hydrogen) atoms. The predicted molar refractivity (Wildman–Crippen MR) is 121 cm³/mol. The van der Waals surface area contributed by atoms with Gasteiger partial charge in [0.15, 0.2) is 0 Å². The van der Waals surface area contributed by atoms with Gasteiger partial charge < -0.3 is 4.90 Å². The molecule has 1 aliphatic carbocycles. The molecular weight excluding hydrogens is 413 g/mol. The van der Waals surface area contributed by atoms with Crippen molar-refractivity contribution in [2.24, 2.45) is 27.2 Å². The smallest absolute Gasteiger partial charge is 0.285 e. The van der Waals surface area contributed by atoms with Gasteiger partial charge in [-0.15, -0.1) is 0 Å². The summed E-state index contributed by atoms with van der Waals surface area (Å²) in [5.74, 6) is -2.33. The molecule has 0 amide bonds. The van der Waals surface area contributed by atoms with Gasteiger partial charge in [-0.25, -0.2) is 18.2 Å². The van der Waals surface area contributed by atoms with E-state index in [-0.39, 0.29) is 23.6 Å². The first-order valence-electron chi connectivity index (χ1n) is 11.0. The normalized spacial score (nSPS) is 25.7. The Morgan fingerprint density at radius 3 is 2.66 bits per heavy atom. The number of alkyl halides is 3. The topological polar surface area (TPSA) is 51.8 Å². The predicted octanol–water partition coefficient (Wildman–Crippen LogP) is 5.29. The summed E-state index contributed by atoms with van der Waals surface area (Å²) in [6.45, 7) is 11.5. The molecule has 0 spiro atoms. The molecule has 4 nitrogen and oxygen atoms in total. The van der Waals surface area contributed by atoms with Gasteiger partial charge in [0.1, 0.15) is 17.2 Å². The van der Waals surface area contributed by atoms with E-state index in [0.29, 0.717) is 30.3 Å². The highest BCUT2D eigenvalue weighted by Crippen LogP contribution is 2.60. The van der Waals surface area contributed by atoms with Crippen molar-refractivity contribution in [2.75, 3.05) is 19.6 Å². The summed E-state index contributed by atoms with van der Waals surface area (Å²) in [5.41, 5.74) is 1.30. The fourth-order valence-corrected chi connectivity index (χ4v) is 4.72. The number of hydrogen-bond acceptors (Lipinski definition) is 4. The Kier molecular flexibility index (Phi) is 5.27. The second kappa shape index (κ2) is 7.47. The van der Waals surface area contributed by atoms with Crippen LogP contribution in [0, 0.1) is 28.6 Å². The van der Waals surface area contributed by atoms with Crippen LogP contribution in [-0.2, 0) is 6.42 Å². The maximum absolute atomic E-state index is 14.5. The molecule has 170 valence electrons. The van der Waals surface area contributed by atoms with Crippen LogP contribution in [0.25, 0.3) is 5.70 Å². The van der Waals surface area contributed by atoms with Crippen molar-refractivity contribution >= 4 is 17.2 Å². The molecule has 1 aromatic rings. The minimum Gasteiger partial charge on any atom is -0.370 e. The van der Waals surface area contributed by atoms with Crippen LogP contribution in [0.3, 0.4) is 0 Å². The lowest BCUT2D eigenvalue weighted by molar-refractivity contribution is 0.0997. The van der Waals surface area contributed by atoms with Gasteiger partial charge in [-0.3, -0.25) is 4.99 Å². The summed E-state index contributed by atoms with van der Waals surface area (Å²) in [6.07, 6.45) is 1.41. The maximum atomic E-state index is 14.5. The van der Waals surface area contributed by atoms with E-state index in [4.69, 9.17) is 0 Å². The lowest BCUT2D eigenvalue weighted by atomic mass is 9.86. The van der Waals surface area contributed by atoms with Gasteiger partial charge in [-0.2, -0.15) is 5.26 Å². The second-order valence-corrected chi connectivity index (χ2v) is 10.1. The second-order valence-electron chi connectivity index (χ2n) is 10.1. The number of benzene rings is 1. The molecule has 4 rings (SSSR count).